The topological polar surface area (TPSA) is 62.2 Å². The third-order valence-electron chi connectivity index (χ3n) is 5.76. The van der Waals surface area contributed by atoms with E-state index in [9.17, 15) is 4.79 Å². The Labute approximate surface area is 170 Å². The SMILES string of the molecule is O=C(Nc1cnn2c1NCCC2)c1ccc(CN2CCc3ccccc3C2)cc1. The minimum absolute atomic E-state index is 0.105. The number of nitrogens with one attached hydrogen (secondary N) is 2. The van der Waals surface area contributed by atoms with E-state index in [1.165, 1.54) is 16.7 Å². The molecule has 6 heteroatoms. The number of aryl methyl sites for hydroxylation is 1. The smallest absolute Gasteiger partial charge is 0.255 e. The molecule has 1 aromatic heterocycles. The first-order chi connectivity index (χ1) is 14.3. The van der Waals surface area contributed by atoms with Crippen molar-refractivity contribution >= 4 is 17.4 Å². The van der Waals surface area contributed by atoms with Crippen LogP contribution < -0.4 is 10.6 Å². The number of rotatable bonds is 4. The van der Waals surface area contributed by atoms with Crippen LogP contribution in [0.5, 0.6) is 0 Å². The molecule has 0 saturated heterocycles. The zero-order valence-electron chi connectivity index (χ0n) is 16.4. The molecule has 29 heavy (non-hydrogen) atoms. The van der Waals surface area contributed by atoms with Gasteiger partial charge in [-0.3, -0.25) is 9.69 Å². The van der Waals surface area contributed by atoms with Gasteiger partial charge in [-0.1, -0.05) is 36.4 Å². The Balaban J connectivity index is 1.22. The highest BCUT2D eigenvalue weighted by Gasteiger charge is 2.18. The van der Waals surface area contributed by atoms with Crippen molar-refractivity contribution in [3.8, 4) is 0 Å². The zero-order chi connectivity index (χ0) is 19.6. The molecule has 3 heterocycles. The number of carbonyl (C=O) groups excluding carboxylic acids is 1. The van der Waals surface area contributed by atoms with Crippen LogP contribution in [0.1, 0.15) is 33.5 Å². The number of nitrogens with zero attached hydrogens (tertiary/aromatic N) is 3. The van der Waals surface area contributed by atoms with Crippen LogP contribution in [-0.2, 0) is 26.1 Å². The van der Waals surface area contributed by atoms with Gasteiger partial charge in [-0.25, -0.2) is 4.68 Å². The van der Waals surface area contributed by atoms with Crippen LogP contribution in [0.4, 0.5) is 11.5 Å². The Kier molecular flexibility index (Phi) is 4.77. The van der Waals surface area contributed by atoms with Gasteiger partial charge in [-0.15, -0.1) is 0 Å². The summed E-state index contributed by atoms with van der Waals surface area (Å²) in [5.74, 6) is 0.790. The Hall–Kier alpha value is -3.12. The van der Waals surface area contributed by atoms with E-state index in [1.807, 2.05) is 16.8 Å². The minimum atomic E-state index is -0.105. The number of aromatic nitrogens is 2. The van der Waals surface area contributed by atoms with Crippen molar-refractivity contribution in [1.82, 2.24) is 14.7 Å². The number of hydrogen-bond donors (Lipinski definition) is 2. The van der Waals surface area contributed by atoms with Crippen LogP contribution in [0.25, 0.3) is 0 Å². The summed E-state index contributed by atoms with van der Waals surface area (Å²) < 4.78 is 1.90. The van der Waals surface area contributed by atoms with Crippen LogP contribution in [-0.4, -0.2) is 33.7 Å². The molecule has 1 amide bonds. The lowest BCUT2D eigenvalue weighted by atomic mass is 9.99. The molecule has 0 spiro atoms. The third-order valence-corrected chi connectivity index (χ3v) is 5.76. The maximum atomic E-state index is 12.7. The molecule has 0 saturated carbocycles. The van der Waals surface area contributed by atoms with Crippen LogP contribution >= 0.6 is 0 Å². The van der Waals surface area contributed by atoms with Gasteiger partial charge in [0.2, 0.25) is 0 Å². The number of hydrogen-bond acceptors (Lipinski definition) is 4. The van der Waals surface area contributed by atoms with E-state index in [0.717, 1.165) is 57.1 Å². The summed E-state index contributed by atoms with van der Waals surface area (Å²) in [6.45, 7) is 4.74. The molecule has 6 nitrogen and oxygen atoms in total. The first kappa shape index (κ1) is 17.9. The fraction of sp³-hybridized carbons (Fsp3) is 0.304. The first-order valence-corrected chi connectivity index (χ1v) is 10.3. The third kappa shape index (κ3) is 3.76. The molecule has 0 fully saturated rings. The predicted molar refractivity (Wildman–Crippen MR) is 114 cm³/mol. The van der Waals surface area contributed by atoms with E-state index in [2.05, 4.69) is 57.0 Å². The van der Waals surface area contributed by atoms with Crippen molar-refractivity contribution in [2.75, 3.05) is 23.7 Å². The highest BCUT2D eigenvalue weighted by Crippen LogP contribution is 2.25. The van der Waals surface area contributed by atoms with Gasteiger partial charge in [0, 0.05) is 38.3 Å². The average Bonchev–Trinajstić information content (AvgIpc) is 3.17. The summed E-state index contributed by atoms with van der Waals surface area (Å²) in [6, 6.07) is 16.6. The molecule has 0 unspecified atom stereocenters. The van der Waals surface area contributed by atoms with Gasteiger partial charge in [0.1, 0.15) is 11.5 Å². The maximum Gasteiger partial charge on any atom is 0.255 e. The van der Waals surface area contributed by atoms with Crippen LogP contribution in [0.3, 0.4) is 0 Å². The lowest BCUT2D eigenvalue weighted by molar-refractivity contribution is 0.102. The first-order valence-electron chi connectivity index (χ1n) is 10.3. The van der Waals surface area contributed by atoms with Crippen molar-refractivity contribution in [2.24, 2.45) is 0 Å². The molecule has 5 rings (SSSR count). The highest BCUT2D eigenvalue weighted by atomic mass is 16.1. The van der Waals surface area contributed by atoms with Crippen LogP contribution in [0, 0.1) is 0 Å². The molecule has 3 aromatic rings. The van der Waals surface area contributed by atoms with Crippen LogP contribution in [0.2, 0.25) is 0 Å². The van der Waals surface area contributed by atoms with Crippen molar-refractivity contribution < 1.29 is 4.79 Å². The van der Waals surface area contributed by atoms with Crippen molar-refractivity contribution in [2.45, 2.75) is 32.5 Å². The summed E-state index contributed by atoms with van der Waals surface area (Å²) in [5.41, 5.74) is 5.52. The Morgan fingerprint density at radius 1 is 1.07 bits per heavy atom. The van der Waals surface area contributed by atoms with E-state index >= 15 is 0 Å². The van der Waals surface area contributed by atoms with Gasteiger partial charge in [0.25, 0.3) is 5.91 Å². The Morgan fingerprint density at radius 3 is 2.76 bits per heavy atom. The van der Waals surface area contributed by atoms with Crippen molar-refractivity contribution in [3.05, 3.63) is 77.0 Å². The zero-order valence-corrected chi connectivity index (χ0v) is 16.4. The summed E-state index contributed by atoms with van der Waals surface area (Å²) in [7, 11) is 0. The molecule has 0 radical (unpaired) electrons. The molecule has 2 aliphatic rings. The molecule has 148 valence electrons. The lowest BCUT2D eigenvalue weighted by Crippen LogP contribution is -2.29. The monoisotopic (exact) mass is 387 g/mol. The number of fused-ring (bicyclic) bond motifs is 2. The fourth-order valence-electron chi connectivity index (χ4n) is 4.17. The molecule has 2 N–H and O–H groups in total. The molecule has 2 aromatic carbocycles. The molecule has 0 aliphatic carbocycles. The second kappa shape index (κ2) is 7.72. The van der Waals surface area contributed by atoms with Gasteiger partial charge in [0.15, 0.2) is 0 Å². The van der Waals surface area contributed by atoms with E-state index in [-0.39, 0.29) is 5.91 Å². The molecular formula is C23H25N5O. The Bertz CT molecular complexity index is 1020. The predicted octanol–water partition coefficient (Wildman–Crippen LogP) is 3.51. The standard InChI is InChI=1S/C23H25N5O/c29-23(26-21-14-25-28-12-3-11-24-22(21)28)19-8-6-17(7-9-19)15-27-13-10-18-4-1-2-5-20(18)16-27/h1-2,4-9,14,24H,3,10-13,15-16H2,(H,26,29). The fourth-order valence-corrected chi connectivity index (χ4v) is 4.17. The van der Waals surface area contributed by atoms with Crippen LogP contribution in [0.15, 0.2) is 54.7 Å². The number of amides is 1. The summed E-state index contributed by atoms with van der Waals surface area (Å²) in [6.07, 6.45) is 3.86. The number of benzene rings is 2. The quantitative estimate of drug-likeness (QED) is 0.719. The number of anilines is 2. The Morgan fingerprint density at radius 2 is 1.90 bits per heavy atom. The summed E-state index contributed by atoms with van der Waals surface area (Å²) >= 11 is 0. The number of carbonyl (C=O) groups is 1. The normalized spacial score (nSPS) is 15.9. The summed E-state index contributed by atoms with van der Waals surface area (Å²) in [4.78, 5) is 15.1. The maximum absolute atomic E-state index is 12.7. The molecule has 2 aliphatic heterocycles. The second-order valence-corrected chi connectivity index (χ2v) is 7.79. The average molecular weight is 387 g/mol. The largest absolute Gasteiger partial charge is 0.368 e. The molecular weight excluding hydrogens is 362 g/mol. The summed E-state index contributed by atoms with van der Waals surface area (Å²) in [5, 5.41) is 10.6. The van der Waals surface area contributed by atoms with Gasteiger partial charge < -0.3 is 10.6 Å². The second-order valence-electron chi connectivity index (χ2n) is 7.79. The van der Waals surface area contributed by atoms with Gasteiger partial charge in [-0.05, 0) is 41.7 Å². The molecule has 0 atom stereocenters. The molecule has 0 bridgehead atoms. The highest BCUT2D eigenvalue weighted by molar-refractivity contribution is 6.05. The van der Waals surface area contributed by atoms with Gasteiger partial charge >= 0.3 is 0 Å². The van der Waals surface area contributed by atoms with Crippen molar-refractivity contribution in [1.29, 1.82) is 0 Å². The van der Waals surface area contributed by atoms with E-state index in [0.29, 0.717) is 5.56 Å². The van der Waals surface area contributed by atoms with Gasteiger partial charge in [0.05, 0.1) is 6.20 Å². The van der Waals surface area contributed by atoms with E-state index < -0.39 is 0 Å². The van der Waals surface area contributed by atoms with E-state index in [1.54, 1.807) is 6.20 Å². The van der Waals surface area contributed by atoms with Crippen molar-refractivity contribution in [3.63, 3.8) is 0 Å². The van der Waals surface area contributed by atoms with Gasteiger partial charge in [-0.2, -0.15) is 5.10 Å². The minimum Gasteiger partial charge on any atom is -0.368 e. The van der Waals surface area contributed by atoms with E-state index in [4.69, 9.17) is 0 Å². The lowest BCUT2D eigenvalue weighted by Gasteiger charge is -2.28.